The maximum Gasteiger partial charge on any atom is 0.253 e. The van der Waals surface area contributed by atoms with Gasteiger partial charge in [0.2, 0.25) is 11.8 Å². The Hall–Kier alpha value is -4.15. The Morgan fingerprint density at radius 3 is 2.14 bits per heavy atom. The van der Waals surface area contributed by atoms with Crippen LogP contribution in [0, 0.1) is 11.8 Å². The van der Waals surface area contributed by atoms with Crippen LogP contribution in [0.3, 0.4) is 0 Å². The highest BCUT2D eigenvalue weighted by Crippen LogP contribution is 2.59. The highest BCUT2D eigenvalue weighted by molar-refractivity contribution is 6.06. The van der Waals surface area contributed by atoms with E-state index in [2.05, 4.69) is 13.2 Å². The van der Waals surface area contributed by atoms with E-state index in [1.165, 1.54) is 4.90 Å². The Balaban J connectivity index is 1.53. The largest absolute Gasteiger partial charge is 0.497 e. The van der Waals surface area contributed by atoms with Crippen molar-refractivity contribution < 1.29 is 33.7 Å². The number of nitrogens with zero attached hydrogens (tertiary/aromatic N) is 3. The molecule has 5 rings (SSSR count). The molecule has 3 aliphatic rings. The molecule has 2 unspecified atom stereocenters. The number of likely N-dealkylation sites (tertiary alicyclic amines) is 1. The van der Waals surface area contributed by atoms with E-state index in [1.807, 2.05) is 6.92 Å². The van der Waals surface area contributed by atoms with Crippen molar-refractivity contribution in [1.29, 1.82) is 0 Å². The molecular formula is C34H41N3O7. The molecule has 0 radical (unpaired) electrons. The molecular weight excluding hydrogens is 562 g/mol. The third-order valence-corrected chi connectivity index (χ3v) is 9.00. The highest BCUT2D eigenvalue weighted by Gasteiger charge is 2.75. The molecule has 10 nitrogen and oxygen atoms in total. The number of aliphatic hydroxyl groups excluding tert-OH is 1. The quantitative estimate of drug-likeness (QED) is 0.349. The van der Waals surface area contributed by atoms with Crippen molar-refractivity contribution in [1.82, 2.24) is 4.90 Å². The molecule has 3 amide bonds. The highest BCUT2D eigenvalue weighted by atomic mass is 16.5. The average Bonchev–Trinajstić information content (AvgIpc) is 3.69. The molecule has 1 spiro atoms. The van der Waals surface area contributed by atoms with Crippen LogP contribution in [-0.4, -0.2) is 84.9 Å². The number of rotatable bonds is 13. The van der Waals surface area contributed by atoms with Crippen LogP contribution in [0.5, 0.6) is 11.5 Å². The van der Waals surface area contributed by atoms with Gasteiger partial charge in [-0.3, -0.25) is 14.4 Å². The van der Waals surface area contributed by atoms with Crippen LogP contribution in [0.25, 0.3) is 0 Å². The van der Waals surface area contributed by atoms with Gasteiger partial charge in [-0.15, -0.1) is 13.2 Å². The minimum atomic E-state index is -1.22. The summed E-state index contributed by atoms with van der Waals surface area (Å²) in [5.41, 5.74) is 0.0330. The standard InChI is InChI=1S/C34H41N3O7/c1-6-19-35(23-11-15-26(16-12-23)43-8-3)31(39)28-27-17-18-34(44-27)29(28)32(40)37(22(4)21-38)30(34)33(41)36(20-7-2)24-9-13-25(42-5)14-10-24/h6-7,9-16,22,27-30,38H,1-2,8,17-21H2,3-5H3/t22-,27-,28+,29+,30?,34?/m1/s1. The van der Waals surface area contributed by atoms with Gasteiger partial charge in [0.05, 0.1) is 44.3 Å². The number of methoxy groups -OCH3 is 1. The lowest BCUT2D eigenvalue weighted by molar-refractivity contribution is -0.143. The summed E-state index contributed by atoms with van der Waals surface area (Å²) >= 11 is 0. The number of amides is 3. The summed E-state index contributed by atoms with van der Waals surface area (Å²) in [6.07, 6.45) is 3.71. The number of ether oxygens (including phenoxy) is 3. The summed E-state index contributed by atoms with van der Waals surface area (Å²) < 4.78 is 17.5. The second kappa shape index (κ2) is 12.8. The second-order valence-corrected chi connectivity index (χ2v) is 11.4. The maximum atomic E-state index is 14.6. The number of aliphatic hydroxyl groups is 1. The molecule has 0 saturated carbocycles. The fourth-order valence-corrected chi connectivity index (χ4v) is 7.10. The van der Waals surface area contributed by atoms with E-state index in [0.717, 1.165) is 0 Å². The fourth-order valence-electron chi connectivity index (χ4n) is 7.10. The van der Waals surface area contributed by atoms with Gasteiger partial charge in [-0.05, 0) is 75.2 Å². The van der Waals surface area contributed by atoms with Crippen molar-refractivity contribution in [3.05, 3.63) is 73.8 Å². The van der Waals surface area contributed by atoms with Crippen molar-refractivity contribution >= 4 is 29.1 Å². The molecule has 2 bridgehead atoms. The van der Waals surface area contributed by atoms with Crippen LogP contribution in [0.4, 0.5) is 11.4 Å². The molecule has 3 aliphatic heterocycles. The Bertz CT molecular complexity index is 1390. The molecule has 2 aromatic carbocycles. The summed E-state index contributed by atoms with van der Waals surface area (Å²) in [6.45, 7) is 11.9. The first-order chi connectivity index (χ1) is 21.3. The molecule has 1 N–H and O–H groups in total. The molecule has 10 heteroatoms. The molecule has 6 atom stereocenters. The third-order valence-electron chi connectivity index (χ3n) is 9.00. The number of carbonyl (C=O) groups is 3. The molecule has 3 fully saturated rings. The van der Waals surface area contributed by atoms with Crippen LogP contribution in [0.1, 0.15) is 26.7 Å². The summed E-state index contributed by atoms with van der Waals surface area (Å²) in [6, 6.07) is 12.6. The van der Waals surface area contributed by atoms with Gasteiger partial charge >= 0.3 is 0 Å². The zero-order chi connectivity index (χ0) is 31.6. The van der Waals surface area contributed by atoms with Crippen LogP contribution in [0.15, 0.2) is 73.8 Å². The predicted molar refractivity (Wildman–Crippen MR) is 167 cm³/mol. The van der Waals surface area contributed by atoms with Gasteiger partial charge in [-0.25, -0.2) is 0 Å². The smallest absolute Gasteiger partial charge is 0.253 e. The van der Waals surface area contributed by atoms with Crippen molar-refractivity contribution in [2.45, 2.75) is 50.5 Å². The third kappa shape index (κ3) is 5.16. The lowest BCUT2D eigenvalue weighted by atomic mass is 9.70. The minimum absolute atomic E-state index is 0.189. The van der Waals surface area contributed by atoms with Gasteiger partial charge in [0.1, 0.15) is 23.1 Å². The number of carbonyl (C=O) groups excluding carboxylic acids is 3. The van der Waals surface area contributed by atoms with Crippen LogP contribution >= 0.6 is 0 Å². The van der Waals surface area contributed by atoms with Gasteiger partial charge in [0, 0.05) is 24.5 Å². The monoisotopic (exact) mass is 603 g/mol. The molecule has 234 valence electrons. The second-order valence-electron chi connectivity index (χ2n) is 11.4. The Morgan fingerprint density at radius 1 is 1.05 bits per heavy atom. The SMILES string of the molecule is C=CCN(C(=O)C1N([C@H](C)CO)C(=O)[C@@H]2[C@@H](C(=O)N(CC=C)c3ccc(OCC)cc3)[C@H]3CCC12O3)c1ccc(OC)cc1. The molecule has 3 heterocycles. The van der Waals surface area contributed by atoms with Crippen molar-refractivity contribution in [2.24, 2.45) is 11.8 Å². The Labute approximate surface area is 258 Å². The molecule has 0 aliphatic carbocycles. The van der Waals surface area contributed by atoms with E-state index in [4.69, 9.17) is 14.2 Å². The zero-order valence-electron chi connectivity index (χ0n) is 25.6. The van der Waals surface area contributed by atoms with E-state index in [9.17, 15) is 19.5 Å². The molecule has 3 saturated heterocycles. The Kier molecular flexibility index (Phi) is 9.12. The summed E-state index contributed by atoms with van der Waals surface area (Å²) in [5, 5.41) is 10.2. The zero-order valence-corrected chi connectivity index (χ0v) is 25.6. The predicted octanol–water partition coefficient (Wildman–Crippen LogP) is 3.59. The van der Waals surface area contributed by atoms with Crippen LogP contribution < -0.4 is 19.3 Å². The van der Waals surface area contributed by atoms with E-state index in [-0.39, 0.29) is 37.4 Å². The lowest BCUT2D eigenvalue weighted by Crippen LogP contribution is -2.58. The number of fused-ring (bicyclic) bond motifs is 1. The van der Waals surface area contributed by atoms with E-state index in [0.29, 0.717) is 42.3 Å². The number of benzene rings is 2. The number of hydrogen-bond donors (Lipinski definition) is 1. The summed E-state index contributed by atoms with van der Waals surface area (Å²) in [4.78, 5) is 47.9. The first kappa shape index (κ1) is 31.3. The maximum absolute atomic E-state index is 14.6. The van der Waals surface area contributed by atoms with Gasteiger partial charge < -0.3 is 34.0 Å². The number of anilines is 2. The Morgan fingerprint density at radius 2 is 1.61 bits per heavy atom. The normalized spacial score (nSPS) is 25.7. The minimum Gasteiger partial charge on any atom is -0.497 e. The van der Waals surface area contributed by atoms with Gasteiger partial charge in [0.25, 0.3) is 5.91 Å². The number of hydrogen-bond acceptors (Lipinski definition) is 7. The van der Waals surface area contributed by atoms with Crippen molar-refractivity contribution in [3.63, 3.8) is 0 Å². The molecule has 2 aromatic rings. The fraction of sp³-hybridized carbons (Fsp3) is 0.441. The van der Waals surface area contributed by atoms with Crippen LogP contribution in [-0.2, 0) is 19.1 Å². The molecule has 0 aromatic heterocycles. The lowest BCUT2D eigenvalue weighted by Gasteiger charge is -2.38. The topological polar surface area (TPSA) is 109 Å². The van der Waals surface area contributed by atoms with Gasteiger partial charge in [-0.2, -0.15) is 0 Å². The first-order valence-corrected chi connectivity index (χ1v) is 15.1. The van der Waals surface area contributed by atoms with Gasteiger partial charge in [-0.1, -0.05) is 12.2 Å². The van der Waals surface area contributed by atoms with E-state index >= 15 is 0 Å². The first-order valence-electron chi connectivity index (χ1n) is 15.1. The van der Waals surface area contributed by atoms with Crippen LogP contribution in [0.2, 0.25) is 0 Å². The van der Waals surface area contributed by atoms with E-state index < -0.39 is 35.6 Å². The van der Waals surface area contributed by atoms with Crippen molar-refractivity contribution in [2.75, 3.05) is 43.2 Å². The van der Waals surface area contributed by atoms with Gasteiger partial charge in [0.15, 0.2) is 0 Å². The van der Waals surface area contributed by atoms with E-state index in [1.54, 1.807) is 84.5 Å². The van der Waals surface area contributed by atoms with Crippen molar-refractivity contribution in [3.8, 4) is 11.5 Å². The summed E-state index contributed by atoms with van der Waals surface area (Å²) in [7, 11) is 1.57. The summed E-state index contributed by atoms with van der Waals surface area (Å²) in [5.74, 6) is -1.33. The molecule has 44 heavy (non-hydrogen) atoms. The average molecular weight is 604 g/mol.